The molecular formula is C24H28N2O5S. The molecule has 1 aromatic heterocycles. The van der Waals surface area contributed by atoms with E-state index >= 15 is 0 Å². The van der Waals surface area contributed by atoms with Gasteiger partial charge in [-0.1, -0.05) is 36.8 Å². The normalized spacial score (nSPS) is 14.8. The van der Waals surface area contributed by atoms with Gasteiger partial charge < -0.3 is 4.42 Å². The number of nitrogens with one attached hydrogen (secondary N) is 2. The van der Waals surface area contributed by atoms with Gasteiger partial charge in [0.2, 0.25) is 10.0 Å². The lowest BCUT2D eigenvalue weighted by Crippen LogP contribution is -2.45. The molecule has 0 aliphatic heterocycles. The van der Waals surface area contributed by atoms with E-state index in [0.29, 0.717) is 12.0 Å². The SMILES string of the molecule is O=C(NO)[C@@H](CCCCc1ccccc1)NS(=O)(=O)c1ccc2c3c(oc2c1)CCCC3. The number of benzene rings is 2. The molecule has 0 spiro atoms. The molecule has 8 heteroatoms. The highest BCUT2D eigenvalue weighted by molar-refractivity contribution is 7.89. The lowest BCUT2D eigenvalue weighted by Gasteiger charge is -2.17. The van der Waals surface area contributed by atoms with Gasteiger partial charge in [-0.2, -0.15) is 4.72 Å². The van der Waals surface area contributed by atoms with Gasteiger partial charge in [0, 0.05) is 23.4 Å². The Morgan fingerprint density at radius 3 is 2.62 bits per heavy atom. The first-order valence-electron chi connectivity index (χ1n) is 11.0. The van der Waals surface area contributed by atoms with Crippen LogP contribution in [0, 0.1) is 0 Å². The van der Waals surface area contributed by atoms with Gasteiger partial charge in [-0.05, 0) is 56.2 Å². The second-order valence-electron chi connectivity index (χ2n) is 8.25. The summed E-state index contributed by atoms with van der Waals surface area (Å²) in [6.07, 6.45) is 6.51. The summed E-state index contributed by atoms with van der Waals surface area (Å²) in [7, 11) is -3.98. The third-order valence-electron chi connectivity index (χ3n) is 6.01. The van der Waals surface area contributed by atoms with Crippen molar-refractivity contribution in [2.75, 3.05) is 0 Å². The standard InChI is InChI=1S/C24H28N2O5S/c27-24(25-28)21(12-6-4-10-17-8-2-1-3-9-17)26-32(29,30)18-14-15-20-19-11-5-7-13-22(19)31-23(20)16-18/h1-3,8-9,14-16,21,26,28H,4-7,10-13H2,(H,25,27)/t21-/m1/s1. The van der Waals surface area contributed by atoms with E-state index in [1.165, 1.54) is 17.2 Å². The van der Waals surface area contributed by atoms with Gasteiger partial charge in [0.1, 0.15) is 17.4 Å². The Morgan fingerprint density at radius 2 is 1.84 bits per heavy atom. The molecule has 3 aromatic rings. The van der Waals surface area contributed by atoms with Crippen molar-refractivity contribution in [2.24, 2.45) is 0 Å². The first-order chi connectivity index (χ1) is 15.5. The number of carbonyl (C=O) groups excluding carboxylic acids is 1. The van der Waals surface area contributed by atoms with Crippen molar-refractivity contribution < 1.29 is 22.8 Å². The average molecular weight is 457 g/mol. The number of amides is 1. The topological polar surface area (TPSA) is 109 Å². The Morgan fingerprint density at radius 1 is 1.06 bits per heavy atom. The molecule has 2 aromatic carbocycles. The van der Waals surface area contributed by atoms with Crippen LogP contribution in [0.4, 0.5) is 0 Å². The Hall–Kier alpha value is -2.68. The number of hydrogen-bond acceptors (Lipinski definition) is 5. The first kappa shape index (κ1) is 22.5. The zero-order chi connectivity index (χ0) is 22.6. The predicted molar refractivity (Wildman–Crippen MR) is 121 cm³/mol. The molecule has 0 radical (unpaired) electrons. The van der Waals surface area contributed by atoms with Crippen LogP contribution in [0.3, 0.4) is 0 Å². The monoisotopic (exact) mass is 456 g/mol. The van der Waals surface area contributed by atoms with Crippen LogP contribution in [-0.4, -0.2) is 25.6 Å². The predicted octanol–water partition coefficient (Wildman–Crippen LogP) is 3.88. The van der Waals surface area contributed by atoms with Crippen LogP contribution in [-0.2, 0) is 34.1 Å². The van der Waals surface area contributed by atoms with Crippen molar-refractivity contribution in [1.82, 2.24) is 10.2 Å². The van der Waals surface area contributed by atoms with E-state index in [9.17, 15) is 13.2 Å². The van der Waals surface area contributed by atoms with Crippen LogP contribution >= 0.6 is 0 Å². The van der Waals surface area contributed by atoms with Gasteiger partial charge in [0.25, 0.3) is 5.91 Å². The highest BCUT2D eigenvalue weighted by Gasteiger charge is 2.26. The molecule has 170 valence electrons. The number of unbranched alkanes of at least 4 members (excludes halogenated alkanes) is 1. The van der Waals surface area contributed by atoms with Gasteiger partial charge in [0.05, 0.1) is 4.90 Å². The van der Waals surface area contributed by atoms with E-state index < -0.39 is 22.0 Å². The van der Waals surface area contributed by atoms with Gasteiger partial charge in [0.15, 0.2) is 0 Å². The lowest BCUT2D eigenvalue weighted by atomic mass is 9.96. The van der Waals surface area contributed by atoms with E-state index in [1.54, 1.807) is 17.6 Å². The van der Waals surface area contributed by atoms with Crippen molar-refractivity contribution in [2.45, 2.75) is 62.3 Å². The minimum absolute atomic E-state index is 0.0381. The number of hydrogen-bond donors (Lipinski definition) is 3. The largest absolute Gasteiger partial charge is 0.461 e. The Balaban J connectivity index is 1.45. The summed E-state index contributed by atoms with van der Waals surface area (Å²) >= 11 is 0. The molecule has 32 heavy (non-hydrogen) atoms. The van der Waals surface area contributed by atoms with Crippen molar-refractivity contribution in [3.8, 4) is 0 Å². The molecule has 7 nitrogen and oxygen atoms in total. The van der Waals surface area contributed by atoms with E-state index in [0.717, 1.165) is 49.7 Å². The smallest absolute Gasteiger partial charge is 0.261 e. The Kier molecular flexibility index (Phi) is 6.93. The molecular weight excluding hydrogens is 428 g/mol. The summed E-state index contributed by atoms with van der Waals surface area (Å²) in [5.74, 6) is 0.160. The Bertz CT molecular complexity index is 1190. The zero-order valence-corrected chi connectivity index (χ0v) is 18.7. The third-order valence-corrected chi connectivity index (χ3v) is 7.48. The number of sulfonamides is 1. The van der Waals surface area contributed by atoms with Crippen molar-refractivity contribution >= 4 is 26.9 Å². The van der Waals surface area contributed by atoms with E-state index in [4.69, 9.17) is 9.62 Å². The van der Waals surface area contributed by atoms with E-state index in [1.807, 2.05) is 30.3 Å². The fourth-order valence-corrected chi connectivity index (χ4v) is 5.56. The van der Waals surface area contributed by atoms with Crippen molar-refractivity contribution in [3.05, 3.63) is 65.4 Å². The quantitative estimate of drug-likeness (QED) is 0.257. The maximum Gasteiger partial charge on any atom is 0.261 e. The molecule has 1 amide bonds. The van der Waals surface area contributed by atoms with Crippen LogP contribution in [0.25, 0.3) is 11.0 Å². The number of rotatable bonds is 9. The second kappa shape index (κ2) is 9.85. The van der Waals surface area contributed by atoms with Crippen LogP contribution in [0.15, 0.2) is 57.8 Å². The number of aryl methyl sites for hydroxylation is 3. The summed E-state index contributed by atoms with van der Waals surface area (Å²) in [5, 5.41) is 10.0. The van der Waals surface area contributed by atoms with Crippen molar-refractivity contribution in [1.29, 1.82) is 0 Å². The van der Waals surface area contributed by atoms with Gasteiger partial charge >= 0.3 is 0 Å². The fraction of sp³-hybridized carbons (Fsp3) is 0.375. The molecule has 1 aliphatic carbocycles. The summed E-state index contributed by atoms with van der Waals surface area (Å²) < 4.78 is 34.3. The number of fused-ring (bicyclic) bond motifs is 3. The van der Waals surface area contributed by atoms with Crippen molar-refractivity contribution in [3.63, 3.8) is 0 Å². The van der Waals surface area contributed by atoms with Gasteiger partial charge in [-0.25, -0.2) is 13.9 Å². The average Bonchev–Trinajstić information content (AvgIpc) is 3.19. The summed E-state index contributed by atoms with van der Waals surface area (Å²) in [6.45, 7) is 0. The molecule has 0 saturated carbocycles. The molecule has 0 unspecified atom stereocenters. The lowest BCUT2D eigenvalue weighted by molar-refractivity contribution is -0.131. The number of hydroxylamine groups is 1. The molecule has 1 aliphatic rings. The summed E-state index contributed by atoms with van der Waals surface area (Å²) in [4.78, 5) is 12.2. The van der Waals surface area contributed by atoms with E-state index in [-0.39, 0.29) is 11.3 Å². The van der Waals surface area contributed by atoms with Crippen LogP contribution < -0.4 is 10.2 Å². The van der Waals surface area contributed by atoms with E-state index in [2.05, 4.69) is 4.72 Å². The van der Waals surface area contributed by atoms with Gasteiger partial charge in [-0.15, -0.1) is 0 Å². The summed E-state index contributed by atoms with van der Waals surface area (Å²) in [6, 6.07) is 13.7. The minimum Gasteiger partial charge on any atom is -0.461 e. The maximum atomic E-state index is 13.0. The van der Waals surface area contributed by atoms with Crippen LogP contribution in [0.1, 0.15) is 49.0 Å². The third kappa shape index (κ3) is 5.03. The first-order valence-corrected chi connectivity index (χ1v) is 12.5. The molecule has 4 rings (SSSR count). The van der Waals surface area contributed by atoms with Crippen LogP contribution in [0.5, 0.6) is 0 Å². The highest BCUT2D eigenvalue weighted by atomic mass is 32.2. The molecule has 1 atom stereocenters. The fourth-order valence-electron chi connectivity index (χ4n) is 4.31. The molecule has 0 fully saturated rings. The number of carbonyl (C=O) groups is 1. The second-order valence-corrected chi connectivity index (χ2v) is 9.96. The molecule has 0 bridgehead atoms. The Labute approximate surface area is 187 Å². The van der Waals surface area contributed by atoms with Crippen LogP contribution in [0.2, 0.25) is 0 Å². The molecule has 1 heterocycles. The molecule has 0 saturated heterocycles. The maximum absolute atomic E-state index is 13.0. The number of furan rings is 1. The minimum atomic E-state index is -3.98. The zero-order valence-electron chi connectivity index (χ0n) is 17.8. The molecule has 3 N–H and O–H groups in total. The highest BCUT2D eigenvalue weighted by Crippen LogP contribution is 2.33. The summed E-state index contributed by atoms with van der Waals surface area (Å²) in [5.41, 5.74) is 4.47. The van der Waals surface area contributed by atoms with Gasteiger partial charge in [-0.3, -0.25) is 10.0 Å².